The molecule has 34 heavy (non-hydrogen) atoms. The molecule has 176 valence electrons. The third kappa shape index (κ3) is 3.41. The minimum Gasteiger partial charge on any atom is -0.492 e. The molecule has 6 rings (SSSR count). The van der Waals surface area contributed by atoms with Gasteiger partial charge in [0.15, 0.2) is 0 Å². The van der Waals surface area contributed by atoms with Crippen LogP contribution >= 0.6 is 0 Å². The van der Waals surface area contributed by atoms with Gasteiger partial charge in [-0.05, 0) is 50.9 Å². The Hall–Kier alpha value is -3.19. The zero-order valence-corrected chi connectivity index (χ0v) is 19.4. The van der Waals surface area contributed by atoms with Gasteiger partial charge in [-0.25, -0.2) is 0 Å². The number of fused-ring (bicyclic) bond motifs is 4. The second kappa shape index (κ2) is 7.94. The second-order valence-corrected chi connectivity index (χ2v) is 10.2. The van der Waals surface area contributed by atoms with Crippen LogP contribution in [0.2, 0.25) is 0 Å². The number of hydrogen-bond donors (Lipinski definition) is 1. The lowest BCUT2D eigenvalue weighted by molar-refractivity contribution is -0.136. The number of nitrogens with one attached hydrogen (secondary N) is 1. The minimum absolute atomic E-state index is 0.0153. The summed E-state index contributed by atoms with van der Waals surface area (Å²) in [6, 6.07) is 12.1. The molecule has 4 heterocycles. The lowest BCUT2D eigenvalue weighted by Gasteiger charge is -2.38. The molecule has 2 fully saturated rings. The Bertz CT molecular complexity index is 1200. The maximum atomic E-state index is 13.1. The van der Waals surface area contributed by atoms with Crippen LogP contribution in [-0.4, -0.2) is 53.3 Å². The number of nitrogens with zero attached hydrogens (tertiary/aromatic N) is 2. The molecular weight excluding hydrogens is 430 g/mol. The molecule has 1 spiro atoms. The van der Waals surface area contributed by atoms with Crippen LogP contribution in [0.1, 0.15) is 58.3 Å². The first kappa shape index (κ1) is 21.4. The fourth-order valence-corrected chi connectivity index (χ4v) is 6.11. The van der Waals surface area contributed by atoms with Crippen LogP contribution in [-0.2, 0) is 28.1 Å². The predicted octanol–water partition coefficient (Wildman–Crippen LogP) is 2.68. The minimum atomic E-state index is -0.603. The van der Waals surface area contributed by atoms with Gasteiger partial charge in [0, 0.05) is 35.1 Å². The van der Waals surface area contributed by atoms with Crippen molar-refractivity contribution >= 4 is 17.7 Å². The van der Waals surface area contributed by atoms with E-state index in [1.165, 1.54) is 16.7 Å². The average Bonchev–Trinajstić information content (AvgIpc) is 3.34. The molecule has 2 aromatic carbocycles. The number of imide groups is 1. The predicted molar refractivity (Wildman–Crippen MR) is 125 cm³/mol. The van der Waals surface area contributed by atoms with Crippen molar-refractivity contribution in [2.24, 2.45) is 0 Å². The summed E-state index contributed by atoms with van der Waals surface area (Å²) in [4.78, 5) is 41.2. The molecule has 1 N–H and O–H groups in total. The molecule has 2 aromatic rings. The van der Waals surface area contributed by atoms with Crippen LogP contribution in [0.4, 0.5) is 0 Å². The van der Waals surface area contributed by atoms with Crippen LogP contribution in [0.3, 0.4) is 0 Å². The second-order valence-electron chi connectivity index (χ2n) is 10.2. The van der Waals surface area contributed by atoms with Crippen molar-refractivity contribution < 1.29 is 19.1 Å². The quantitative estimate of drug-likeness (QED) is 0.714. The van der Waals surface area contributed by atoms with Crippen molar-refractivity contribution in [2.45, 2.75) is 57.2 Å². The van der Waals surface area contributed by atoms with Gasteiger partial charge in [0.05, 0.1) is 13.2 Å². The van der Waals surface area contributed by atoms with Gasteiger partial charge in [0.2, 0.25) is 11.8 Å². The number of piperidine rings is 2. The van der Waals surface area contributed by atoms with Gasteiger partial charge < -0.3 is 9.64 Å². The normalized spacial score (nSPS) is 23.6. The summed E-state index contributed by atoms with van der Waals surface area (Å²) >= 11 is 0. The Morgan fingerprint density at radius 1 is 1.12 bits per heavy atom. The van der Waals surface area contributed by atoms with Crippen LogP contribution in [0.5, 0.6) is 5.75 Å². The van der Waals surface area contributed by atoms with E-state index in [0.29, 0.717) is 25.1 Å². The van der Waals surface area contributed by atoms with E-state index < -0.39 is 6.04 Å². The highest BCUT2D eigenvalue weighted by Gasteiger charge is 2.47. The van der Waals surface area contributed by atoms with E-state index in [1.54, 1.807) is 4.90 Å². The van der Waals surface area contributed by atoms with Crippen LogP contribution in [0.25, 0.3) is 0 Å². The molecule has 0 saturated carbocycles. The molecule has 7 heteroatoms. The smallest absolute Gasteiger partial charge is 0.255 e. The fraction of sp³-hybridized carbons (Fsp3) is 0.444. The first-order chi connectivity index (χ1) is 16.4. The zero-order valence-electron chi connectivity index (χ0n) is 19.4. The molecular formula is C27H29N3O4. The lowest BCUT2D eigenvalue weighted by Crippen LogP contribution is -2.52. The summed E-state index contributed by atoms with van der Waals surface area (Å²) in [5.41, 5.74) is 5.35. The first-order valence-corrected chi connectivity index (χ1v) is 12.2. The third-order valence-corrected chi connectivity index (χ3v) is 8.03. The van der Waals surface area contributed by atoms with Crippen molar-refractivity contribution in [2.75, 3.05) is 19.7 Å². The molecule has 3 amide bonds. The highest BCUT2D eigenvalue weighted by atomic mass is 16.5. The Kier molecular flexibility index (Phi) is 4.99. The standard InChI is InChI=1S/C27H29N3O4/c1-17-3-2-4-18(13-17)14-29-11-9-27(10-12-29)16-34-24-20-15-30(22-7-8-23(31)28-25(22)32)26(33)19(20)5-6-21(24)27/h2-6,13,22H,7-12,14-16H2,1H3,(H,28,31,32). The molecule has 0 aliphatic carbocycles. The van der Waals surface area contributed by atoms with Gasteiger partial charge in [-0.1, -0.05) is 35.9 Å². The van der Waals surface area contributed by atoms with E-state index in [4.69, 9.17) is 4.74 Å². The van der Waals surface area contributed by atoms with E-state index in [0.717, 1.165) is 43.8 Å². The van der Waals surface area contributed by atoms with E-state index >= 15 is 0 Å². The Morgan fingerprint density at radius 2 is 1.94 bits per heavy atom. The van der Waals surface area contributed by atoms with Crippen molar-refractivity contribution in [1.29, 1.82) is 0 Å². The maximum absolute atomic E-state index is 13.1. The Balaban J connectivity index is 1.20. The Labute approximate surface area is 199 Å². The Morgan fingerprint density at radius 3 is 2.71 bits per heavy atom. The number of aryl methyl sites for hydroxylation is 1. The zero-order chi connectivity index (χ0) is 23.4. The van der Waals surface area contributed by atoms with Gasteiger partial charge in [0.25, 0.3) is 5.91 Å². The monoisotopic (exact) mass is 459 g/mol. The molecule has 1 unspecified atom stereocenters. The summed E-state index contributed by atoms with van der Waals surface area (Å²) in [5.74, 6) is 0.0374. The molecule has 0 aromatic heterocycles. The summed E-state index contributed by atoms with van der Waals surface area (Å²) in [7, 11) is 0. The number of ether oxygens (including phenoxy) is 1. The van der Waals surface area contributed by atoms with Crippen LogP contribution in [0.15, 0.2) is 36.4 Å². The van der Waals surface area contributed by atoms with E-state index in [1.807, 2.05) is 6.07 Å². The first-order valence-electron chi connectivity index (χ1n) is 12.2. The van der Waals surface area contributed by atoms with E-state index in [-0.39, 0.29) is 29.6 Å². The summed E-state index contributed by atoms with van der Waals surface area (Å²) in [6.07, 6.45) is 2.67. The maximum Gasteiger partial charge on any atom is 0.255 e. The number of rotatable bonds is 3. The van der Waals surface area contributed by atoms with Crippen LogP contribution in [0, 0.1) is 6.92 Å². The molecule has 2 saturated heterocycles. The third-order valence-electron chi connectivity index (χ3n) is 8.03. The van der Waals surface area contributed by atoms with Gasteiger partial charge >= 0.3 is 0 Å². The number of carbonyl (C=O) groups excluding carboxylic acids is 3. The molecule has 7 nitrogen and oxygen atoms in total. The lowest BCUT2D eigenvalue weighted by atomic mass is 9.74. The number of benzene rings is 2. The summed E-state index contributed by atoms with van der Waals surface area (Å²) in [5, 5.41) is 2.37. The van der Waals surface area contributed by atoms with Gasteiger partial charge in [-0.15, -0.1) is 0 Å². The van der Waals surface area contributed by atoms with Gasteiger partial charge in [0.1, 0.15) is 11.8 Å². The number of amides is 3. The fourth-order valence-electron chi connectivity index (χ4n) is 6.11. The van der Waals surface area contributed by atoms with Crippen molar-refractivity contribution in [3.63, 3.8) is 0 Å². The average molecular weight is 460 g/mol. The SMILES string of the molecule is Cc1cccc(CN2CCC3(CC2)COc2c3ccc3c2CN(C2CCC(=O)NC2=O)C3=O)c1. The van der Waals surface area contributed by atoms with Gasteiger partial charge in [-0.2, -0.15) is 0 Å². The molecule has 4 aliphatic rings. The van der Waals surface area contributed by atoms with Crippen LogP contribution < -0.4 is 10.1 Å². The number of likely N-dealkylation sites (tertiary alicyclic amines) is 1. The van der Waals surface area contributed by atoms with Crippen molar-refractivity contribution in [3.8, 4) is 5.75 Å². The summed E-state index contributed by atoms with van der Waals surface area (Å²) < 4.78 is 6.28. The number of carbonyl (C=O) groups is 3. The van der Waals surface area contributed by atoms with Crippen molar-refractivity contribution in [1.82, 2.24) is 15.1 Å². The summed E-state index contributed by atoms with van der Waals surface area (Å²) in [6.45, 7) is 6.12. The largest absolute Gasteiger partial charge is 0.492 e. The van der Waals surface area contributed by atoms with Gasteiger partial charge in [-0.3, -0.25) is 24.6 Å². The molecule has 1 atom stereocenters. The molecule has 0 radical (unpaired) electrons. The van der Waals surface area contributed by atoms with E-state index in [2.05, 4.69) is 47.5 Å². The molecule has 0 bridgehead atoms. The highest BCUT2D eigenvalue weighted by molar-refractivity contribution is 6.05. The highest BCUT2D eigenvalue weighted by Crippen LogP contribution is 2.49. The van der Waals surface area contributed by atoms with E-state index in [9.17, 15) is 14.4 Å². The van der Waals surface area contributed by atoms with Crippen molar-refractivity contribution in [3.05, 3.63) is 64.2 Å². The number of hydrogen-bond acceptors (Lipinski definition) is 5. The topological polar surface area (TPSA) is 79.0 Å². The molecule has 4 aliphatic heterocycles.